The van der Waals surface area contributed by atoms with Crippen molar-refractivity contribution >= 4 is 39.1 Å². The number of aryl methyl sites for hydroxylation is 2. The van der Waals surface area contributed by atoms with E-state index in [0.717, 1.165) is 27.1 Å². The highest BCUT2D eigenvalue weighted by Crippen LogP contribution is 2.29. The molecule has 2 rings (SSSR count). The first-order valence-electron chi connectivity index (χ1n) is 5.92. The molecule has 1 aromatic carbocycles. The third kappa shape index (κ3) is 2.96. The summed E-state index contributed by atoms with van der Waals surface area (Å²) in [5, 5.41) is 10.6. The zero-order chi connectivity index (χ0) is 14.9. The lowest BCUT2D eigenvalue weighted by atomic mass is 10.0. The number of anilines is 1. The number of hydrogen-bond donors (Lipinski definition) is 3. The first-order chi connectivity index (χ1) is 9.40. The smallest absolute Gasteiger partial charge is 0.244 e. The van der Waals surface area contributed by atoms with Crippen LogP contribution in [0.5, 0.6) is 0 Å². The van der Waals surface area contributed by atoms with Gasteiger partial charge < -0.3 is 11.1 Å². The Bertz CT molecular complexity index is 636. The van der Waals surface area contributed by atoms with Crippen LogP contribution in [0.25, 0.3) is 0 Å². The maximum atomic E-state index is 11.7. The van der Waals surface area contributed by atoms with E-state index in [4.69, 9.17) is 17.3 Å². The molecule has 0 fully saturated rings. The Kier molecular flexibility index (Phi) is 4.35. The lowest BCUT2D eigenvalue weighted by molar-refractivity contribution is -0.118. The van der Waals surface area contributed by atoms with Gasteiger partial charge in [-0.3, -0.25) is 9.89 Å². The molecule has 1 atom stereocenters. The molecule has 1 aromatic heterocycles. The number of halogens is 2. The molecule has 0 saturated carbocycles. The second kappa shape index (κ2) is 5.85. The van der Waals surface area contributed by atoms with Gasteiger partial charge in [-0.05, 0) is 48.0 Å². The molecule has 0 saturated heterocycles. The van der Waals surface area contributed by atoms with Gasteiger partial charge in [-0.25, -0.2) is 0 Å². The standard InChI is InChI=1S/C13H14BrClN4O/c1-6-11(7(2)19-18-6)12(13(16)20)17-8-3-4-10(15)9(14)5-8/h3-5,12,17H,1-2H3,(H2,16,20)(H,18,19). The van der Waals surface area contributed by atoms with Crippen LogP contribution in [0.2, 0.25) is 5.02 Å². The van der Waals surface area contributed by atoms with E-state index in [9.17, 15) is 4.79 Å². The van der Waals surface area contributed by atoms with Crippen molar-refractivity contribution in [2.45, 2.75) is 19.9 Å². The van der Waals surface area contributed by atoms with Crippen molar-refractivity contribution in [3.05, 3.63) is 44.6 Å². The van der Waals surface area contributed by atoms with Crippen LogP contribution in [0.15, 0.2) is 22.7 Å². The van der Waals surface area contributed by atoms with E-state index in [2.05, 4.69) is 31.4 Å². The molecule has 106 valence electrons. The molecule has 0 aliphatic rings. The van der Waals surface area contributed by atoms with E-state index < -0.39 is 11.9 Å². The molecule has 5 nitrogen and oxygen atoms in total. The van der Waals surface area contributed by atoms with E-state index in [1.54, 1.807) is 18.2 Å². The zero-order valence-electron chi connectivity index (χ0n) is 11.0. The van der Waals surface area contributed by atoms with Gasteiger partial charge in [0.25, 0.3) is 0 Å². The van der Waals surface area contributed by atoms with Crippen LogP contribution in [-0.4, -0.2) is 16.1 Å². The Balaban J connectivity index is 2.35. The Labute approximate surface area is 130 Å². The summed E-state index contributed by atoms with van der Waals surface area (Å²) in [7, 11) is 0. The molecule has 1 unspecified atom stereocenters. The third-order valence-electron chi connectivity index (χ3n) is 2.99. The number of aromatic amines is 1. The van der Waals surface area contributed by atoms with Crippen LogP contribution in [0, 0.1) is 13.8 Å². The fourth-order valence-corrected chi connectivity index (χ4v) is 2.52. The number of hydrogen-bond acceptors (Lipinski definition) is 3. The van der Waals surface area contributed by atoms with Crippen molar-refractivity contribution in [3.8, 4) is 0 Å². The Hall–Kier alpha value is -1.53. The lowest BCUT2D eigenvalue weighted by Gasteiger charge is -2.17. The molecule has 20 heavy (non-hydrogen) atoms. The second-order valence-corrected chi connectivity index (χ2v) is 5.72. The number of benzene rings is 1. The minimum atomic E-state index is -0.651. The monoisotopic (exact) mass is 356 g/mol. The van der Waals surface area contributed by atoms with Gasteiger partial charge >= 0.3 is 0 Å². The van der Waals surface area contributed by atoms with Crippen molar-refractivity contribution < 1.29 is 4.79 Å². The number of nitrogens with two attached hydrogens (primary N) is 1. The highest BCUT2D eigenvalue weighted by molar-refractivity contribution is 9.10. The first kappa shape index (κ1) is 14.9. The maximum Gasteiger partial charge on any atom is 0.244 e. The topological polar surface area (TPSA) is 83.8 Å². The third-order valence-corrected chi connectivity index (χ3v) is 4.20. The predicted molar refractivity (Wildman–Crippen MR) is 82.8 cm³/mol. The molecule has 0 aliphatic carbocycles. The normalized spacial score (nSPS) is 12.2. The molecular formula is C13H14BrClN4O. The predicted octanol–water partition coefficient (Wildman–Crippen LogP) is 3.08. The summed E-state index contributed by atoms with van der Waals surface area (Å²) in [5.41, 5.74) is 8.56. The fraction of sp³-hybridized carbons (Fsp3) is 0.231. The van der Waals surface area contributed by atoms with Gasteiger partial charge in [-0.15, -0.1) is 0 Å². The largest absolute Gasteiger partial charge is 0.370 e. The summed E-state index contributed by atoms with van der Waals surface area (Å²) >= 11 is 9.29. The van der Waals surface area contributed by atoms with Crippen molar-refractivity contribution in [1.29, 1.82) is 0 Å². The molecule has 0 spiro atoms. The zero-order valence-corrected chi connectivity index (χ0v) is 13.3. The number of nitrogens with one attached hydrogen (secondary N) is 2. The number of aromatic nitrogens is 2. The van der Waals surface area contributed by atoms with Crippen molar-refractivity contribution in [3.63, 3.8) is 0 Å². The summed E-state index contributed by atoms with van der Waals surface area (Å²) in [5.74, 6) is -0.469. The molecule has 0 bridgehead atoms. The van der Waals surface area contributed by atoms with Gasteiger partial charge in [0.2, 0.25) is 5.91 Å². The molecule has 0 aliphatic heterocycles. The van der Waals surface area contributed by atoms with Crippen LogP contribution in [0.3, 0.4) is 0 Å². The fourth-order valence-electron chi connectivity index (χ4n) is 2.02. The summed E-state index contributed by atoms with van der Waals surface area (Å²) in [6, 6.07) is 4.67. The summed E-state index contributed by atoms with van der Waals surface area (Å²) in [4.78, 5) is 11.7. The molecule has 2 aromatic rings. The number of rotatable bonds is 4. The molecule has 4 N–H and O–H groups in total. The molecule has 1 heterocycles. The molecule has 7 heteroatoms. The number of nitrogens with zero attached hydrogens (tertiary/aromatic N) is 1. The van der Waals surface area contributed by atoms with E-state index in [1.165, 1.54) is 0 Å². The van der Waals surface area contributed by atoms with Gasteiger partial charge in [-0.1, -0.05) is 11.6 Å². The summed E-state index contributed by atoms with van der Waals surface area (Å²) in [6.07, 6.45) is 0. The number of carbonyl (C=O) groups is 1. The van der Waals surface area contributed by atoms with E-state index in [0.29, 0.717) is 5.02 Å². The van der Waals surface area contributed by atoms with E-state index >= 15 is 0 Å². The Morgan fingerprint density at radius 1 is 1.50 bits per heavy atom. The number of amides is 1. The minimum Gasteiger partial charge on any atom is -0.370 e. The van der Waals surface area contributed by atoms with Gasteiger partial charge in [0.15, 0.2) is 0 Å². The quantitative estimate of drug-likeness (QED) is 0.786. The maximum absolute atomic E-state index is 11.7. The van der Waals surface area contributed by atoms with Crippen molar-refractivity contribution in [2.24, 2.45) is 5.73 Å². The van der Waals surface area contributed by atoms with E-state index in [-0.39, 0.29) is 0 Å². The van der Waals surface area contributed by atoms with Gasteiger partial charge in [0.1, 0.15) is 6.04 Å². The van der Waals surface area contributed by atoms with Crippen molar-refractivity contribution in [2.75, 3.05) is 5.32 Å². The van der Waals surface area contributed by atoms with Crippen LogP contribution in [0.1, 0.15) is 23.0 Å². The molecular weight excluding hydrogens is 344 g/mol. The lowest BCUT2D eigenvalue weighted by Crippen LogP contribution is -2.28. The average Bonchev–Trinajstić information content (AvgIpc) is 2.70. The van der Waals surface area contributed by atoms with Crippen LogP contribution < -0.4 is 11.1 Å². The summed E-state index contributed by atoms with van der Waals surface area (Å²) < 4.78 is 0.744. The SMILES string of the molecule is Cc1n[nH]c(C)c1C(Nc1ccc(Cl)c(Br)c1)C(N)=O. The first-order valence-corrected chi connectivity index (χ1v) is 7.09. The molecule has 0 radical (unpaired) electrons. The number of H-pyrrole nitrogens is 1. The highest BCUT2D eigenvalue weighted by atomic mass is 79.9. The van der Waals surface area contributed by atoms with E-state index in [1.807, 2.05) is 13.8 Å². The van der Waals surface area contributed by atoms with Crippen LogP contribution >= 0.6 is 27.5 Å². The van der Waals surface area contributed by atoms with Crippen LogP contribution in [0.4, 0.5) is 5.69 Å². The van der Waals surface area contributed by atoms with Crippen molar-refractivity contribution in [1.82, 2.24) is 10.2 Å². The van der Waals surface area contributed by atoms with Gasteiger partial charge in [0.05, 0.1) is 10.7 Å². The number of primary amides is 1. The Morgan fingerprint density at radius 2 is 2.20 bits per heavy atom. The highest BCUT2D eigenvalue weighted by Gasteiger charge is 2.23. The number of carbonyl (C=O) groups excluding carboxylic acids is 1. The van der Waals surface area contributed by atoms with Gasteiger partial charge in [-0.2, -0.15) is 5.10 Å². The second-order valence-electron chi connectivity index (χ2n) is 4.46. The van der Waals surface area contributed by atoms with Crippen LogP contribution in [-0.2, 0) is 4.79 Å². The molecule has 1 amide bonds. The summed E-state index contributed by atoms with van der Waals surface area (Å²) in [6.45, 7) is 3.68. The van der Waals surface area contributed by atoms with Gasteiger partial charge in [0, 0.05) is 21.4 Å². The minimum absolute atomic E-state index is 0.469. The Morgan fingerprint density at radius 3 is 2.70 bits per heavy atom. The average molecular weight is 358 g/mol.